The summed E-state index contributed by atoms with van der Waals surface area (Å²) in [6.45, 7) is 5.82. The molecule has 0 aromatic rings. The average Bonchev–Trinajstić information content (AvgIpc) is 3.01. The summed E-state index contributed by atoms with van der Waals surface area (Å²) in [7, 11) is 0. The molecule has 1 saturated heterocycles. The van der Waals surface area contributed by atoms with Crippen LogP contribution in [-0.2, 0) is 4.79 Å². The van der Waals surface area contributed by atoms with Crippen molar-refractivity contribution in [3.63, 3.8) is 0 Å². The average molecular weight is 254 g/mol. The number of amides is 2. The van der Waals surface area contributed by atoms with E-state index in [1.54, 1.807) is 4.90 Å². The van der Waals surface area contributed by atoms with Gasteiger partial charge in [0.2, 0.25) is 0 Å². The van der Waals surface area contributed by atoms with E-state index in [9.17, 15) is 9.59 Å². The molecule has 1 heterocycles. The van der Waals surface area contributed by atoms with Gasteiger partial charge in [0.1, 0.15) is 0 Å². The van der Waals surface area contributed by atoms with E-state index in [4.69, 9.17) is 5.11 Å². The molecule has 2 fully saturated rings. The van der Waals surface area contributed by atoms with Gasteiger partial charge in [0.15, 0.2) is 0 Å². The van der Waals surface area contributed by atoms with E-state index in [2.05, 4.69) is 19.2 Å². The minimum Gasteiger partial charge on any atom is -0.481 e. The van der Waals surface area contributed by atoms with Gasteiger partial charge < -0.3 is 15.3 Å². The highest BCUT2D eigenvalue weighted by atomic mass is 16.4. The fourth-order valence-electron chi connectivity index (χ4n) is 2.56. The molecule has 1 aliphatic heterocycles. The molecule has 5 nitrogen and oxygen atoms in total. The Morgan fingerprint density at radius 2 is 2.11 bits per heavy atom. The number of carbonyl (C=O) groups excluding carboxylic acids is 1. The zero-order valence-electron chi connectivity index (χ0n) is 11.1. The zero-order chi connectivity index (χ0) is 13.3. The number of nitrogens with one attached hydrogen (secondary N) is 1. The number of rotatable bonds is 4. The first-order valence-corrected chi connectivity index (χ1v) is 6.65. The molecule has 2 N–H and O–H groups in total. The molecule has 2 rings (SSSR count). The first-order valence-electron chi connectivity index (χ1n) is 6.65. The van der Waals surface area contributed by atoms with E-state index >= 15 is 0 Å². The molecular weight excluding hydrogens is 232 g/mol. The number of carbonyl (C=O) groups is 2. The first-order chi connectivity index (χ1) is 8.37. The van der Waals surface area contributed by atoms with Crippen LogP contribution in [0.3, 0.4) is 0 Å². The smallest absolute Gasteiger partial charge is 0.317 e. The fourth-order valence-corrected chi connectivity index (χ4v) is 2.56. The lowest BCUT2D eigenvalue weighted by atomic mass is 9.93. The van der Waals surface area contributed by atoms with Gasteiger partial charge in [0, 0.05) is 19.1 Å². The van der Waals surface area contributed by atoms with Crippen molar-refractivity contribution >= 4 is 12.0 Å². The summed E-state index contributed by atoms with van der Waals surface area (Å²) >= 11 is 0. The maximum atomic E-state index is 12.1. The van der Waals surface area contributed by atoms with E-state index in [-0.39, 0.29) is 23.9 Å². The topological polar surface area (TPSA) is 69.6 Å². The third-order valence-electron chi connectivity index (χ3n) is 3.86. The van der Waals surface area contributed by atoms with Gasteiger partial charge in [0.25, 0.3) is 0 Å². The molecule has 2 aliphatic rings. The molecule has 2 amide bonds. The Balaban J connectivity index is 1.87. The van der Waals surface area contributed by atoms with Gasteiger partial charge in [-0.25, -0.2) is 4.79 Å². The van der Waals surface area contributed by atoms with Crippen molar-refractivity contribution in [3.05, 3.63) is 0 Å². The molecule has 1 saturated carbocycles. The van der Waals surface area contributed by atoms with Gasteiger partial charge in [0.05, 0.1) is 6.42 Å². The van der Waals surface area contributed by atoms with Crippen molar-refractivity contribution in [1.82, 2.24) is 10.2 Å². The van der Waals surface area contributed by atoms with Crippen molar-refractivity contribution in [1.29, 1.82) is 0 Å². The van der Waals surface area contributed by atoms with Gasteiger partial charge in [-0.3, -0.25) is 4.79 Å². The summed E-state index contributed by atoms with van der Waals surface area (Å²) in [4.78, 5) is 24.7. The number of carboxylic acids is 1. The van der Waals surface area contributed by atoms with Crippen LogP contribution in [0.5, 0.6) is 0 Å². The lowest BCUT2D eigenvalue weighted by Crippen LogP contribution is -2.46. The van der Waals surface area contributed by atoms with Crippen LogP contribution in [0.25, 0.3) is 0 Å². The maximum absolute atomic E-state index is 12.1. The number of nitrogens with zero attached hydrogens (tertiary/aromatic N) is 1. The quantitative estimate of drug-likeness (QED) is 0.802. The van der Waals surface area contributed by atoms with Crippen LogP contribution >= 0.6 is 0 Å². The molecule has 1 aliphatic carbocycles. The van der Waals surface area contributed by atoms with Crippen molar-refractivity contribution in [2.45, 2.75) is 45.6 Å². The van der Waals surface area contributed by atoms with Crippen LogP contribution in [0, 0.1) is 11.3 Å². The van der Waals surface area contributed by atoms with Crippen LogP contribution in [0.1, 0.15) is 39.5 Å². The minimum atomic E-state index is -0.839. The summed E-state index contributed by atoms with van der Waals surface area (Å²) in [6.07, 6.45) is 3.11. The zero-order valence-corrected chi connectivity index (χ0v) is 11.1. The van der Waals surface area contributed by atoms with E-state index in [1.807, 2.05) is 0 Å². The minimum absolute atomic E-state index is 0.0354. The highest BCUT2D eigenvalue weighted by Gasteiger charge is 2.37. The Kier molecular flexibility index (Phi) is 3.50. The highest BCUT2D eigenvalue weighted by molar-refractivity contribution is 5.76. The highest BCUT2D eigenvalue weighted by Crippen LogP contribution is 2.34. The molecule has 0 radical (unpaired) electrons. The van der Waals surface area contributed by atoms with Crippen molar-refractivity contribution in [2.24, 2.45) is 11.3 Å². The monoisotopic (exact) mass is 254 g/mol. The molecule has 102 valence electrons. The Bertz CT molecular complexity index is 350. The maximum Gasteiger partial charge on any atom is 0.317 e. The van der Waals surface area contributed by atoms with Crippen molar-refractivity contribution < 1.29 is 14.7 Å². The largest absolute Gasteiger partial charge is 0.481 e. The molecular formula is C13H22N2O3. The SMILES string of the molecule is CC1(C)CCN(C(=O)NC(CC(=O)O)C2CC2)C1. The van der Waals surface area contributed by atoms with Crippen LogP contribution in [0.2, 0.25) is 0 Å². The third kappa shape index (κ3) is 3.37. The van der Waals surface area contributed by atoms with Gasteiger partial charge in [-0.2, -0.15) is 0 Å². The second kappa shape index (κ2) is 4.78. The van der Waals surface area contributed by atoms with Gasteiger partial charge in [-0.05, 0) is 30.6 Å². The van der Waals surface area contributed by atoms with Gasteiger partial charge in [-0.15, -0.1) is 0 Å². The van der Waals surface area contributed by atoms with Crippen LogP contribution in [0.15, 0.2) is 0 Å². The Labute approximate surface area is 108 Å². The second-order valence-electron chi connectivity index (χ2n) is 6.33. The number of carboxylic acid groups (broad SMARTS) is 1. The summed E-state index contributed by atoms with van der Waals surface area (Å²) in [5, 5.41) is 11.8. The normalized spacial score (nSPS) is 23.8. The number of likely N-dealkylation sites (tertiary alicyclic amines) is 1. The molecule has 1 atom stereocenters. The summed E-state index contributed by atoms with van der Waals surface area (Å²) in [5.74, 6) is -0.477. The number of hydrogen-bond donors (Lipinski definition) is 2. The number of aliphatic carboxylic acids is 1. The van der Waals surface area contributed by atoms with E-state index < -0.39 is 5.97 Å². The lowest BCUT2D eigenvalue weighted by Gasteiger charge is -2.23. The number of urea groups is 1. The molecule has 0 aromatic heterocycles. The fraction of sp³-hybridized carbons (Fsp3) is 0.846. The van der Waals surface area contributed by atoms with E-state index in [0.717, 1.165) is 32.4 Å². The molecule has 18 heavy (non-hydrogen) atoms. The molecule has 5 heteroatoms. The molecule has 0 aromatic carbocycles. The lowest BCUT2D eigenvalue weighted by molar-refractivity contribution is -0.137. The first kappa shape index (κ1) is 13.2. The summed E-state index contributed by atoms with van der Waals surface area (Å²) < 4.78 is 0. The van der Waals surface area contributed by atoms with Crippen molar-refractivity contribution in [3.8, 4) is 0 Å². The van der Waals surface area contributed by atoms with E-state index in [0.29, 0.717) is 5.92 Å². The van der Waals surface area contributed by atoms with E-state index in [1.165, 1.54) is 0 Å². The molecule has 0 bridgehead atoms. The molecule has 0 spiro atoms. The standard InChI is InChI=1S/C13H22N2O3/c1-13(2)5-6-15(8-13)12(18)14-10(7-11(16)17)9-3-4-9/h9-10H,3-8H2,1-2H3,(H,14,18)(H,16,17). The Hall–Kier alpha value is -1.26. The van der Waals surface area contributed by atoms with Crippen LogP contribution in [-0.4, -0.2) is 41.1 Å². The predicted molar refractivity (Wildman–Crippen MR) is 67.3 cm³/mol. The third-order valence-corrected chi connectivity index (χ3v) is 3.86. The van der Waals surface area contributed by atoms with Crippen LogP contribution < -0.4 is 5.32 Å². The van der Waals surface area contributed by atoms with Gasteiger partial charge >= 0.3 is 12.0 Å². The molecule has 1 unspecified atom stereocenters. The predicted octanol–water partition coefficient (Wildman–Crippen LogP) is 1.68. The Morgan fingerprint density at radius 3 is 2.56 bits per heavy atom. The Morgan fingerprint density at radius 1 is 1.44 bits per heavy atom. The number of hydrogen-bond acceptors (Lipinski definition) is 2. The van der Waals surface area contributed by atoms with Gasteiger partial charge in [-0.1, -0.05) is 13.8 Å². The summed E-state index contributed by atoms with van der Waals surface area (Å²) in [6, 6.07) is -0.294. The summed E-state index contributed by atoms with van der Waals surface area (Å²) in [5.41, 5.74) is 0.180. The van der Waals surface area contributed by atoms with Crippen molar-refractivity contribution in [2.75, 3.05) is 13.1 Å². The second-order valence-corrected chi connectivity index (χ2v) is 6.33. The van der Waals surface area contributed by atoms with Crippen LogP contribution in [0.4, 0.5) is 4.79 Å².